The average Bonchev–Trinajstić information content (AvgIpc) is 3.00. The van der Waals surface area contributed by atoms with Crippen molar-refractivity contribution in [1.29, 1.82) is 0 Å². The lowest BCUT2D eigenvalue weighted by molar-refractivity contribution is 1.02. The van der Waals surface area contributed by atoms with Crippen LogP contribution in [0, 0.1) is 0 Å². The number of thiocarbonyl (C=S) groups is 1. The first-order chi connectivity index (χ1) is 7.72. The molecule has 88 valence electrons. The monoisotopic (exact) mass is 272 g/mol. The van der Waals surface area contributed by atoms with Crippen molar-refractivity contribution in [1.82, 2.24) is 4.98 Å². The van der Waals surface area contributed by atoms with E-state index in [1.54, 1.807) is 11.3 Å². The van der Waals surface area contributed by atoms with Gasteiger partial charge in [-0.3, -0.25) is 0 Å². The molecule has 0 radical (unpaired) electrons. The molecule has 1 aromatic rings. The molecular weight excluding hydrogens is 256 g/mol. The predicted molar refractivity (Wildman–Crippen MR) is 76.4 cm³/mol. The van der Waals surface area contributed by atoms with E-state index in [1.165, 1.54) is 35.7 Å². The summed E-state index contributed by atoms with van der Waals surface area (Å²) < 4.78 is 0. The van der Waals surface area contributed by atoms with Gasteiger partial charge in [0.05, 0.1) is 10.6 Å². The van der Waals surface area contributed by atoms with E-state index >= 15 is 0 Å². The smallest absolute Gasteiger partial charge is 0.116 e. The second-order valence-corrected chi connectivity index (χ2v) is 6.64. The van der Waals surface area contributed by atoms with Crippen LogP contribution in [0.25, 0.3) is 0 Å². The van der Waals surface area contributed by atoms with Crippen molar-refractivity contribution < 1.29 is 0 Å². The Kier molecular flexibility index (Phi) is 4.21. The van der Waals surface area contributed by atoms with Gasteiger partial charge in [-0.1, -0.05) is 19.1 Å². The summed E-state index contributed by atoms with van der Waals surface area (Å²) in [5, 5.41) is 1.18. The highest BCUT2D eigenvalue weighted by molar-refractivity contribution is 7.98. The second-order valence-electron chi connectivity index (χ2n) is 4.01. The van der Waals surface area contributed by atoms with Crippen LogP contribution in [0.4, 0.5) is 0 Å². The van der Waals surface area contributed by atoms with Gasteiger partial charge in [-0.2, -0.15) is 11.8 Å². The minimum absolute atomic E-state index is 0.520. The van der Waals surface area contributed by atoms with Crippen molar-refractivity contribution in [2.24, 2.45) is 5.73 Å². The normalized spacial score (nSPS) is 15.3. The number of nitrogens with zero attached hydrogens (tertiary/aromatic N) is 1. The van der Waals surface area contributed by atoms with E-state index < -0.39 is 0 Å². The Labute approximate surface area is 110 Å². The van der Waals surface area contributed by atoms with Gasteiger partial charge in [0.15, 0.2) is 0 Å². The molecule has 0 bridgehead atoms. The summed E-state index contributed by atoms with van der Waals surface area (Å²) in [6.07, 6.45) is 3.72. The molecule has 2 N–H and O–H groups in total. The summed E-state index contributed by atoms with van der Waals surface area (Å²) in [5.41, 5.74) is 6.91. The van der Waals surface area contributed by atoms with Crippen molar-refractivity contribution in [2.75, 3.05) is 5.75 Å². The van der Waals surface area contributed by atoms with E-state index in [4.69, 9.17) is 22.9 Å². The first-order valence-electron chi connectivity index (χ1n) is 5.59. The van der Waals surface area contributed by atoms with Crippen molar-refractivity contribution in [2.45, 2.75) is 37.9 Å². The molecule has 1 fully saturated rings. The Bertz CT molecular complexity index is 383. The third-order valence-corrected chi connectivity index (χ3v) is 5.25. The Morgan fingerprint density at radius 3 is 2.94 bits per heavy atom. The van der Waals surface area contributed by atoms with Crippen LogP contribution in [-0.2, 0) is 5.75 Å². The van der Waals surface area contributed by atoms with Gasteiger partial charge in [-0.15, -0.1) is 11.3 Å². The zero-order valence-corrected chi connectivity index (χ0v) is 11.8. The highest BCUT2D eigenvalue weighted by Crippen LogP contribution is 2.43. The summed E-state index contributed by atoms with van der Waals surface area (Å²) in [6, 6.07) is 0. The van der Waals surface area contributed by atoms with Crippen LogP contribution in [0.1, 0.15) is 47.7 Å². The molecule has 0 atom stereocenters. The number of hydrogen-bond acceptors (Lipinski definition) is 4. The average molecular weight is 272 g/mol. The maximum absolute atomic E-state index is 5.74. The van der Waals surface area contributed by atoms with Crippen LogP contribution in [0.2, 0.25) is 0 Å². The molecule has 5 heteroatoms. The van der Waals surface area contributed by atoms with Crippen LogP contribution < -0.4 is 5.73 Å². The summed E-state index contributed by atoms with van der Waals surface area (Å²) in [7, 11) is 0. The van der Waals surface area contributed by atoms with Gasteiger partial charge in [0.25, 0.3) is 0 Å². The molecule has 0 amide bonds. The van der Waals surface area contributed by atoms with Crippen molar-refractivity contribution in [3.05, 3.63) is 15.6 Å². The summed E-state index contributed by atoms with van der Waals surface area (Å²) >= 11 is 8.71. The van der Waals surface area contributed by atoms with E-state index in [0.717, 1.165) is 10.6 Å². The third kappa shape index (κ3) is 2.96. The summed E-state index contributed by atoms with van der Waals surface area (Å²) in [4.78, 5) is 6.27. The van der Waals surface area contributed by atoms with E-state index in [2.05, 4.69) is 6.92 Å². The van der Waals surface area contributed by atoms with Crippen LogP contribution in [0.15, 0.2) is 0 Å². The molecule has 2 nitrogen and oxygen atoms in total. The number of rotatable bonds is 6. The van der Waals surface area contributed by atoms with Gasteiger partial charge >= 0.3 is 0 Å². The van der Waals surface area contributed by atoms with E-state index in [9.17, 15) is 0 Å². The molecule has 1 aromatic heterocycles. The van der Waals surface area contributed by atoms with Gasteiger partial charge in [0, 0.05) is 11.7 Å². The summed E-state index contributed by atoms with van der Waals surface area (Å²) in [6.45, 7) is 2.20. The molecule has 0 aliphatic heterocycles. The van der Waals surface area contributed by atoms with Crippen LogP contribution >= 0.6 is 35.3 Å². The second kappa shape index (κ2) is 5.47. The fourth-order valence-electron chi connectivity index (χ4n) is 1.55. The standard InChI is InChI=1S/C11H16N2S3/c1-2-5-15-6-8-13-9(7-3-4-7)10(16-8)11(12)14/h7H,2-6H2,1H3,(H2,12,14). The lowest BCUT2D eigenvalue weighted by atomic mass is 10.2. The maximum Gasteiger partial charge on any atom is 0.116 e. The van der Waals surface area contributed by atoms with Gasteiger partial charge in [0.2, 0.25) is 0 Å². The molecule has 1 heterocycles. The Hall–Kier alpha value is -0.130. The first kappa shape index (κ1) is 12.3. The minimum Gasteiger partial charge on any atom is -0.389 e. The molecule has 2 rings (SSSR count). The number of hydrogen-bond donors (Lipinski definition) is 1. The van der Waals surface area contributed by atoms with Gasteiger partial charge in [0.1, 0.15) is 10.00 Å². The molecule has 16 heavy (non-hydrogen) atoms. The van der Waals surface area contributed by atoms with Gasteiger partial charge < -0.3 is 5.73 Å². The largest absolute Gasteiger partial charge is 0.389 e. The number of nitrogens with two attached hydrogens (primary N) is 1. The molecular formula is C11H16N2S3. The van der Waals surface area contributed by atoms with E-state index in [1.807, 2.05) is 11.8 Å². The molecule has 0 aromatic carbocycles. The number of thiazole rings is 1. The fraction of sp³-hybridized carbons (Fsp3) is 0.636. The Morgan fingerprint density at radius 2 is 2.38 bits per heavy atom. The van der Waals surface area contributed by atoms with Crippen LogP contribution in [0.5, 0.6) is 0 Å². The third-order valence-electron chi connectivity index (χ3n) is 2.46. The van der Waals surface area contributed by atoms with E-state index in [-0.39, 0.29) is 0 Å². The highest BCUT2D eigenvalue weighted by Gasteiger charge is 2.30. The SMILES string of the molecule is CCCSCc1nc(C2CC2)c(C(N)=S)s1. The minimum atomic E-state index is 0.520. The Morgan fingerprint density at radius 1 is 1.62 bits per heavy atom. The Balaban J connectivity index is 2.08. The first-order valence-corrected chi connectivity index (χ1v) is 7.97. The van der Waals surface area contributed by atoms with Gasteiger partial charge in [-0.05, 0) is 25.0 Å². The lowest BCUT2D eigenvalue weighted by Gasteiger charge is -1.95. The van der Waals surface area contributed by atoms with Crippen molar-refractivity contribution >= 4 is 40.3 Å². The van der Waals surface area contributed by atoms with E-state index in [0.29, 0.717) is 10.9 Å². The molecule has 0 unspecified atom stereocenters. The number of aromatic nitrogens is 1. The molecule has 1 saturated carbocycles. The van der Waals surface area contributed by atoms with Crippen molar-refractivity contribution in [3.63, 3.8) is 0 Å². The van der Waals surface area contributed by atoms with Gasteiger partial charge in [-0.25, -0.2) is 4.98 Å². The molecule has 0 saturated heterocycles. The number of thioether (sulfide) groups is 1. The molecule has 0 spiro atoms. The molecule has 1 aliphatic rings. The zero-order valence-electron chi connectivity index (χ0n) is 9.36. The zero-order chi connectivity index (χ0) is 11.5. The predicted octanol–water partition coefficient (Wildman–Crippen LogP) is 3.30. The molecule has 1 aliphatic carbocycles. The highest BCUT2D eigenvalue weighted by atomic mass is 32.2. The quantitative estimate of drug-likeness (QED) is 0.637. The van der Waals surface area contributed by atoms with Crippen molar-refractivity contribution in [3.8, 4) is 0 Å². The van der Waals surface area contributed by atoms with Crippen LogP contribution in [-0.4, -0.2) is 15.7 Å². The fourth-order valence-corrected chi connectivity index (χ4v) is 3.74. The van der Waals surface area contributed by atoms with Crippen LogP contribution in [0.3, 0.4) is 0 Å². The lowest BCUT2D eigenvalue weighted by Crippen LogP contribution is -2.09. The summed E-state index contributed by atoms with van der Waals surface area (Å²) in [5.74, 6) is 2.83. The maximum atomic E-state index is 5.74. The topological polar surface area (TPSA) is 38.9 Å².